The van der Waals surface area contributed by atoms with Gasteiger partial charge in [-0.3, -0.25) is 9.59 Å². The van der Waals surface area contributed by atoms with Gasteiger partial charge in [0.15, 0.2) is 5.78 Å². The number of carbonyl (C=O) groups is 2. The summed E-state index contributed by atoms with van der Waals surface area (Å²) in [7, 11) is 0. The topological polar surface area (TPSA) is 72.2 Å². The van der Waals surface area contributed by atoms with Crippen molar-refractivity contribution in [2.75, 3.05) is 5.32 Å². The zero-order chi connectivity index (χ0) is 16.9. The van der Waals surface area contributed by atoms with Crippen LogP contribution < -0.4 is 11.1 Å². The minimum atomic E-state index is -0.922. The molecule has 0 bridgehead atoms. The van der Waals surface area contributed by atoms with Crippen molar-refractivity contribution in [2.45, 2.75) is 32.2 Å². The molecule has 3 N–H and O–H groups in total. The van der Waals surface area contributed by atoms with Gasteiger partial charge in [0.2, 0.25) is 5.91 Å². The van der Waals surface area contributed by atoms with E-state index in [2.05, 4.69) is 5.32 Å². The third-order valence-electron chi connectivity index (χ3n) is 3.71. The van der Waals surface area contributed by atoms with Crippen molar-refractivity contribution < 1.29 is 9.59 Å². The number of carbonyl (C=O) groups excluding carboxylic acids is 2. The molecule has 0 spiro atoms. The number of nitrogens with two attached hydrogens (primary N) is 1. The number of rotatable bonds is 6. The van der Waals surface area contributed by atoms with Crippen LogP contribution in [0.25, 0.3) is 0 Å². The maximum atomic E-state index is 12.4. The van der Waals surface area contributed by atoms with Crippen molar-refractivity contribution in [3.8, 4) is 0 Å². The molecule has 0 radical (unpaired) electrons. The lowest BCUT2D eigenvalue weighted by Crippen LogP contribution is -2.48. The summed E-state index contributed by atoms with van der Waals surface area (Å²) in [6, 6.07) is 16.0. The average molecular weight is 347 g/mol. The molecule has 0 saturated carbocycles. The van der Waals surface area contributed by atoms with Gasteiger partial charge in [-0.2, -0.15) is 0 Å². The lowest BCUT2D eigenvalue weighted by molar-refractivity contribution is -0.120. The van der Waals surface area contributed by atoms with Crippen molar-refractivity contribution in [3.63, 3.8) is 0 Å². The minimum Gasteiger partial charge on any atom is -0.324 e. The van der Waals surface area contributed by atoms with Gasteiger partial charge in [0.25, 0.3) is 0 Å². The number of hydrogen-bond acceptors (Lipinski definition) is 3. The highest BCUT2D eigenvalue weighted by Crippen LogP contribution is 2.17. The Balaban J connectivity index is 0.00000288. The van der Waals surface area contributed by atoms with Crippen LogP contribution in [0.3, 0.4) is 0 Å². The molecule has 4 nitrogen and oxygen atoms in total. The molecule has 1 unspecified atom stereocenters. The van der Waals surface area contributed by atoms with Crippen molar-refractivity contribution >= 4 is 29.8 Å². The molecular formula is C19H23ClN2O2. The molecule has 24 heavy (non-hydrogen) atoms. The molecule has 0 aliphatic rings. The Morgan fingerprint density at radius 1 is 1.04 bits per heavy atom. The van der Waals surface area contributed by atoms with E-state index in [0.717, 1.165) is 6.42 Å². The lowest BCUT2D eigenvalue weighted by atomic mass is 9.96. The molecule has 1 amide bonds. The second kappa shape index (κ2) is 8.62. The molecule has 0 aromatic heterocycles. The van der Waals surface area contributed by atoms with E-state index in [1.807, 2.05) is 25.1 Å². The van der Waals surface area contributed by atoms with Crippen LogP contribution in [0, 0.1) is 0 Å². The fraction of sp³-hybridized carbons (Fsp3) is 0.263. The van der Waals surface area contributed by atoms with Crippen LogP contribution in [-0.2, 0) is 4.79 Å². The molecule has 2 aromatic carbocycles. The number of nitrogens with one attached hydrogen (secondary N) is 1. The number of halogens is 1. The molecule has 0 aliphatic heterocycles. The fourth-order valence-electron chi connectivity index (χ4n) is 2.40. The molecule has 1 atom stereocenters. The van der Waals surface area contributed by atoms with E-state index < -0.39 is 5.54 Å². The summed E-state index contributed by atoms with van der Waals surface area (Å²) in [4.78, 5) is 24.7. The number of anilines is 1. The Hall–Kier alpha value is -2.17. The predicted octanol–water partition coefficient (Wildman–Crippen LogP) is 3.80. The van der Waals surface area contributed by atoms with Crippen LogP contribution in [0.5, 0.6) is 0 Å². The van der Waals surface area contributed by atoms with Crippen LogP contribution in [0.2, 0.25) is 0 Å². The summed E-state index contributed by atoms with van der Waals surface area (Å²) in [5.74, 6) is -0.325. The SMILES string of the molecule is CCCC(C)(N)C(=O)Nc1cccc(C(=O)c2ccccc2)c1.Cl. The third-order valence-corrected chi connectivity index (χ3v) is 3.71. The Morgan fingerprint density at radius 3 is 2.29 bits per heavy atom. The highest BCUT2D eigenvalue weighted by molar-refractivity contribution is 6.09. The second-order valence-electron chi connectivity index (χ2n) is 5.90. The number of hydrogen-bond donors (Lipinski definition) is 2. The van der Waals surface area contributed by atoms with E-state index in [1.54, 1.807) is 43.3 Å². The van der Waals surface area contributed by atoms with E-state index in [9.17, 15) is 9.59 Å². The molecule has 0 heterocycles. The molecular weight excluding hydrogens is 324 g/mol. The molecule has 2 rings (SSSR count). The fourth-order valence-corrected chi connectivity index (χ4v) is 2.40. The molecule has 0 fully saturated rings. The third kappa shape index (κ3) is 4.91. The number of ketones is 1. The van der Waals surface area contributed by atoms with Gasteiger partial charge < -0.3 is 11.1 Å². The molecule has 0 aliphatic carbocycles. The quantitative estimate of drug-likeness (QED) is 0.781. The van der Waals surface area contributed by atoms with Gasteiger partial charge in [-0.15, -0.1) is 12.4 Å². The maximum absolute atomic E-state index is 12.4. The zero-order valence-corrected chi connectivity index (χ0v) is 14.7. The van der Waals surface area contributed by atoms with Gasteiger partial charge >= 0.3 is 0 Å². The smallest absolute Gasteiger partial charge is 0.244 e. The van der Waals surface area contributed by atoms with Crippen molar-refractivity contribution in [2.24, 2.45) is 5.73 Å². The molecule has 2 aromatic rings. The zero-order valence-electron chi connectivity index (χ0n) is 13.9. The van der Waals surface area contributed by atoms with Gasteiger partial charge in [0.1, 0.15) is 0 Å². The Kier molecular flexibility index (Phi) is 7.14. The summed E-state index contributed by atoms with van der Waals surface area (Å²) in [6.45, 7) is 3.70. The van der Waals surface area contributed by atoms with E-state index >= 15 is 0 Å². The molecule has 128 valence electrons. The summed E-state index contributed by atoms with van der Waals surface area (Å²) < 4.78 is 0. The van der Waals surface area contributed by atoms with Crippen LogP contribution in [0.1, 0.15) is 42.6 Å². The summed E-state index contributed by atoms with van der Waals surface area (Å²) in [5, 5.41) is 2.80. The average Bonchev–Trinajstić information content (AvgIpc) is 2.55. The van der Waals surface area contributed by atoms with E-state index in [4.69, 9.17) is 5.73 Å². The summed E-state index contributed by atoms with van der Waals surface area (Å²) >= 11 is 0. The standard InChI is InChI=1S/C19H22N2O2.ClH/c1-3-12-19(2,20)18(23)21-16-11-7-10-15(13-16)17(22)14-8-5-4-6-9-14;/h4-11,13H,3,12,20H2,1-2H3,(H,21,23);1H. The van der Waals surface area contributed by atoms with Crippen molar-refractivity contribution in [1.82, 2.24) is 0 Å². The van der Waals surface area contributed by atoms with E-state index in [1.165, 1.54) is 0 Å². The molecule has 5 heteroatoms. The Morgan fingerprint density at radius 2 is 1.67 bits per heavy atom. The Labute approximate surface area is 148 Å². The van der Waals surface area contributed by atoms with Crippen molar-refractivity contribution in [3.05, 3.63) is 65.7 Å². The first-order valence-electron chi connectivity index (χ1n) is 7.74. The van der Waals surface area contributed by atoms with Crippen LogP contribution in [-0.4, -0.2) is 17.2 Å². The predicted molar refractivity (Wildman–Crippen MR) is 99.7 cm³/mol. The largest absolute Gasteiger partial charge is 0.324 e. The van der Waals surface area contributed by atoms with Gasteiger partial charge in [0.05, 0.1) is 5.54 Å². The van der Waals surface area contributed by atoms with Crippen LogP contribution in [0.4, 0.5) is 5.69 Å². The van der Waals surface area contributed by atoms with E-state index in [-0.39, 0.29) is 24.1 Å². The second-order valence-corrected chi connectivity index (χ2v) is 5.90. The highest BCUT2D eigenvalue weighted by Gasteiger charge is 2.27. The van der Waals surface area contributed by atoms with Crippen LogP contribution in [0.15, 0.2) is 54.6 Å². The van der Waals surface area contributed by atoms with Gasteiger partial charge in [-0.25, -0.2) is 0 Å². The van der Waals surface area contributed by atoms with Crippen LogP contribution >= 0.6 is 12.4 Å². The van der Waals surface area contributed by atoms with E-state index in [0.29, 0.717) is 23.2 Å². The van der Waals surface area contributed by atoms with Gasteiger partial charge in [0, 0.05) is 16.8 Å². The monoisotopic (exact) mass is 346 g/mol. The first kappa shape index (κ1) is 19.9. The van der Waals surface area contributed by atoms with Gasteiger partial charge in [-0.1, -0.05) is 55.8 Å². The number of benzene rings is 2. The Bertz CT molecular complexity index is 700. The normalized spacial score (nSPS) is 12.6. The summed E-state index contributed by atoms with van der Waals surface area (Å²) in [6.07, 6.45) is 1.43. The summed E-state index contributed by atoms with van der Waals surface area (Å²) in [5.41, 5.74) is 6.83. The maximum Gasteiger partial charge on any atom is 0.244 e. The lowest BCUT2D eigenvalue weighted by Gasteiger charge is -2.22. The molecule has 0 saturated heterocycles. The number of amides is 1. The minimum absolute atomic E-state index is 0. The van der Waals surface area contributed by atoms with Crippen molar-refractivity contribution in [1.29, 1.82) is 0 Å². The first-order chi connectivity index (χ1) is 10.9. The van der Waals surface area contributed by atoms with Gasteiger partial charge in [-0.05, 0) is 25.5 Å². The highest BCUT2D eigenvalue weighted by atomic mass is 35.5. The first-order valence-corrected chi connectivity index (χ1v) is 7.74.